The van der Waals surface area contributed by atoms with Crippen molar-refractivity contribution in [3.8, 4) is 5.75 Å². The first-order valence-corrected chi connectivity index (χ1v) is 8.49. The molecule has 0 saturated heterocycles. The Morgan fingerprint density at radius 2 is 1.61 bits per heavy atom. The highest BCUT2D eigenvalue weighted by molar-refractivity contribution is 5.27. The molecule has 3 heteroatoms. The highest BCUT2D eigenvalue weighted by Gasteiger charge is 1.97. The fourth-order valence-corrected chi connectivity index (χ4v) is 2.44. The predicted octanol–water partition coefficient (Wildman–Crippen LogP) is 3.40. The molecule has 2 aromatic carbocycles. The maximum absolute atomic E-state index is 5.81. The summed E-state index contributed by atoms with van der Waals surface area (Å²) in [5, 5.41) is 6.60. The second-order valence-electron chi connectivity index (χ2n) is 5.72. The molecule has 0 aromatic heterocycles. The van der Waals surface area contributed by atoms with E-state index in [9.17, 15) is 0 Å². The molecule has 2 rings (SSSR count). The zero-order chi connectivity index (χ0) is 16.2. The van der Waals surface area contributed by atoms with Gasteiger partial charge >= 0.3 is 0 Å². The molecule has 0 fully saturated rings. The summed E-state index contributed by atoms with van der Waals surface area (Å²) in [5.74, 6) is 0.956. The van der Waals surface area contributed by atoms with E-state index in [0.29, 0.717) is 0 Å². The quantitative estimate of drug-likeness (QED) is 0.624. The Morgan fingerprint density at radius 3 is 2.35 bits per heavy atom. The first-order chi connectivity index (χ1) is 11.4. The van der Waals surface area contributed by atoms with Gasteiger partial charge < -0.3 is 15.4 Å². The number of hydrogen-bond acceptors (Lipinski definition) is 3. The Labute approximate surface area is 140 Å². The van der Waals surface area contributed by atoms with Gasteiger partial charge in [0.15, 0.2) is 0 Å². The van der Waals surface area contributed by atoms with Gasteiger partial charge in [0.25, 0.3) is 0 Å². The molecule has 23 heavy (non-hydrogen) atoms. The third-order valence-electron chi connectivity index (χ3n) is 3.75. The van der Waals surface area contributed by atoms with Crippen molar-refractivity contribution in [3.63, 3.8) is 0 Å². The molecule has 124 valence electrons. The lowest BCUT2D eigenvalue weighted by molar-refractivity contribution is 0.311. The third-order valence-corrected chi connectivity index (χ3v) is 3.75. The van der Waals surface area contributed by atoms with E-state index in [1.165, 1.54) is 11.1 Å². The summed E-state index contributed by atoms with van der Waals surface area (Å²) >= 11 is 0. The van der Waals surface area contributed by atoms with Crippen molar-refractivity contribution in [1.82, 2.24) is 10.6 Å². The van der Waals surface area contributed by atoms with Crippen molar-refractivity contribution < 1.29 is 4.74 Å². The molecule has 0 atom stereocenters. The van der Waals surface area contributed by atoms with Gasteiger partial charge in [-0.3, -0.25) is 0 Å². The van der Waals surface area contributed by atoms with E-state index in [1.54, 1.807) is 0 Å². The largest absolute Gasteiger partial charge is 0.494 e. The lowest BCUT2D eigenvalue weighted by Gasteiger charge is -2.08. The highest BCUT2D eigenvalue weighted by atomic mass is 16.5. The lowest BCUT2D eigenvalue weighted by Crippen LogP contribution is -2.19. The van der Waals surface area contributed by atoms with Gasteiger partial charge in [-0.2, -0.15) is 0 Å². The van der Waals surface area contributed by atoms with Gasteiger partial charge in [0.05, 0.1) is 6.61 Å². The molecule has 3 nitrogen and oxygen atoms in total. The lowest BCUT2D eigenvalue weighted by atomic mass is 10.1. The fraction of sp³-hybridized carbons (Fsp3) is 0.400. The summed E-state index contributed by atoms with van der Waals surface area (Å²) in [6.07, 6.45) is 3.26. The predicted molar refractivity (Wildman–Crippen MR) is 97.0 cm³/mol. The van der Waals surface area contributed by atoms with Gasteiger partial charge in [-0.15, -0.1) is 0 Å². The van der Waals surface area contributed by atoms with Crippen molar-refractivity contribution in [2.45, 2.75) is 25.8 Å². The number of benzene rings is 2. The van der Waals surface area contributed by atoms with Crippen molar-refractivity contribution >= 4 is 0 Å². The van der Waals surface area contributed by atoms with Crippen LogP contribution in [0.4, 0.5) is 0 Å². The maximum Gasteiger partial charge on any atom is 0.119 e. The number of aryl methyl sites for hydroxylation is 1. The molecule has 2 aromatic rings. The summed E-state index contributed by atoms with van der Waals surface area (Å²) in [6.45, 7) is 3.77. The van der Waals surface area contributed by atoms with Crippen LogP contribution < -0.4 is 15.4 Å². The summed E-state index contributed by atoms with van der Waals surface area (Å²) < 4.78 is 5.81. The van der Waals surface area contributed by atoms with Crippen LogP contribution in [0.15, 0.2) is 54.6 Å². The van der Waals surface area contributed by atoms with Gasteiger partial charge in [-0.1, -0.05) is 42.5 Å². The van der Waals surface area contributed by atoms with Gasteiger partial charge in [0, 0.05) is 6.54 Å². The minimum Gasteiger partial charge on any atom is -0.494 e. The standard InChI is InChI=1S/C20H28N2O/c1-21-14-6-15-22-17-19-10-12-20(13-11-19)23-16-5-9-18-7-3-2-4-8-18/h2-4,7-8,10-13,21-22H,5-6,9,14-17H2,1H3. The number of ether oxygens (including phenoxy) is 1. The van der Waals surface area contributed by atoms with Crippen molar-refractivity contribution in [3.05, 3.63) is 65.7 Å². The van der Waals surface area contributed by atoms with Crippen molar-refractivity contribution in [2.24, 2.45) is 0 Å². The number of rotatable bonds is 11. The minimum absolute atomic E-state index is 0.760. The first-order valence-electron chi connectivity index (χ1n) is 8.49. The molecular formula is C20H28N2O. The molecule has 2 N–H and O–H groups in total. The van der Waals surface area contributed by atoms with Crippen LogP contribution in [0.5, 0.6) is 5.75 Å². The topological polar surface area (TPSA) is 33.3 Å². The van der Waals surface area contributed by atoms with E-state index in [-0.39, 0.29) is 0 Å². The van der Waals surface area contributed by atoms with Crippen LogP contribution in [0, 0.1) is 0 Å². The van der Waals surface area contributed by atoms with Crippen molar-refractivity contribution in [2.75, 3.05) is 26.7 Å². The molecule has 0 spiro atoms. The Bertz CT molecular complexity index is 525. The Morgan fingerprint density at radius 1 is 0.826 bits per heavy atom. The van der Waals surface area contributed by atoms with Crippen LogP contribution in [-0.2, 0) is 13.0 Å². The van der Waals surface area contributed by atoms with Gasteiger partial charge in [-0.25, -0.2) is 0 Å². The molecule has 0 aliphatic heterocycles. The summed E-state index contributed by atoms with van der Waals surface area (Å²) in [6, 6.07) is 19.0. The average molecular weight is 312 g/mol. The Hall–Kier alpha value is -1.84. The molecule has 0 aliphatic rings. The monoisotopic (exact) mass is 312 g/mol. The smallest absolute Gasteiger partial charge is 0.119 e. The molecule has 0 radical (unpaired) electrons. The summed E-state index contributed by atoms with van der Waals surface area (Å²) in [5.41, 5.74) is 2.67. The normalized spacial score (nSPS) is 10.7. The maximum atomic E-state index is 5.81. The van der Waals surface area contributed by atoms with E-state index in [4.69, 9.17) is 4.74 Å². The first kappa shape index (κ1) is 17.5. The van der Waals surface area contributed by atoms with E-state index in [2.05, 4.69) is 65.2 Å². The highest BCUT2D eigenvalue weighted by Crippen LogP contribution is 2.13. The minimum atomic E-state index is 0.760. The van der Waals surface area contributed by atoms with Crippen molar-refractivity contribution in [1.29, 1.82) is 0 Å². The SMILES string of the molecule is CNCCCNCc1ccc(OCCCc2ccccc2)cc1. The fourth-order valence-electron chi connectivity index (χ4n) is 2.44. The van der Waals surface area contributed by atoms with E-state index < -0.39 is 0 Å². The van der Waals surface area contributed by atoms with Gasteiger partial charge in [0.2, 0.25) is 0 Å². The molecule has 0 unspecified atom stereocenters. The van der Waals surface area contributed by atoms with Crippen LogP contribution in [-0.4, -0.2) is 26.7 Å². The Balaban J connectivity index is 1.61. The van der Waals surface area contributed by atoms with Gasteiger partial charge in [0.1, 0.15) is 5.75 Å². The van der Waals surface area contributed by atoms with Crippen LogP contribution in [0.3, 0.4) is 0 Å². The molecule has 0 heterocycles. The second kappa shape index (κ2) is 10.8. The van der Waals surface area contributed by atoms with Crippen LogP contribution >= 0.6 is 0 Å². The van der Waals surface area contributed by atoms with E-state index >= 15 is 0 Å². The molecule has 0 saturated carbocycles. The molecular weight excluding hydrogens is 284 g/mol. The number of nitrogens with one attached hydrogen (secondary N) is 2. The van der Waals surface area contributed by atoms with Gasteiger partial charge in [-0.05, 0) is 62.7 Å². The second-order valence-corrected chi connectivity index (χ2v) is 5.72. The van der Waals surface area contributed by atoms with E-state index in [0.717, 1.165) is 51.3 Å². The zero-order valence-electron chi connectivity index (χ0n) is 14.1. The molecule has 0 aliphatic carbocycles. The Kier molecular flexibility index (Phi) is 8.23. The molecule has 0 bridgehead atoms. The summed E-state index contributed by atoms with van der Waals surface area (Å²) in [7, 11) is 1.98. The molecule has 0 amide bonds. The van der Waals surface area contributed by atoms with E-state index in [1.807, 2.05) is 7.05 Å². The van der Waals surface area contributed by atoms with Crippen LogP contribution in [0.2, 0.25) is 0 Å². The zero-order valence-corrected chi connectivity index (χ0v) is 14.1. The third kappa shape index (κ3) is 7.31. The van der Waals surface area contributed by atoms with Crippen LogP contribution in [0.25, 0.3) is 0 Å². The van der Waals surface area contributed by atoms with Crippen LogP contribution in [0.1, 0.15) is 24.0 Å². The summed E-state index contributed by atoms with van der Waals surface area (Å²) in [4.78, 5) is 0. The number of hydrogen-bond donors (Lipinski definition) is 2. The average Bonchev–Trinajstić information content (AvgIpc) is 2.61.